The lowest BCUT2D eigenvalue weighted by Gasteiger charge is -2.11. The van der Waals surface area contributed by atoms with Crippen molar-refractivity contribution in [3.05, 3.63) is 48.1 Å². The van der Waals surface area contributed by atoms with Gasteiger partial charge in [0.05, 0.1) is 11.1 Å². The summed E-state index contributed by atoms with van der Waals surface area (Å²) in [5.74, 6) is 1.66. The molecule has 10 heteroatoms. The molecule has 2 aromatic heterocycles. The van der Waals surface area contributed by atoms with Crippen molar-refractivity contribution in [3.8, 4) is 11.3 Å². The summed E-state index contributed by atoms with van der Waals surface area (Å²) in [6.45, 7) is 7.72. The zero-order valence-corrected chi connectivity index (χ0v) is 19.0. The van der Waals surface area contributed by atoms with Crippen LogP contribution in [0.2, 0.25) is 0 Å². The molecule has 9 nitrogen and oxygen atoms in total. The molecule has 31 heavy (non-hydrogen) atoms. The summed E-state index contributed by atoms with van der Waals surface area (Å²) in [4.78, 5) is 21.1. The van der Waals surface area contributed by atoms with Crippen molar-refractivity contribution >= 4 is 15.7 Å². The van der Waals surface area contributed by atoms with E-state index in [1.807, 2.05) is 20.8 Å². The van der Waals surface area contributed by atoms with Gasteiger partial charge in [-0.05, 0) is 31.2 Å². The number of rotatable bonds is 7. The van der Waals surface area contributed by atoms with Crippen molar-refractivity contribution < 1.29 is 22.2 Å². The topological polar surface area (TPSA) is 128 Å². The third-order valence-corrected chi connectivity index (χ3v) is 5.68. The maximum Gasteiger partial charge on any atom is 0.248 e. The predicted octanol–water partition coefficient (Wildman–Crippen LogP) is 3.24. The molecule has 1 aromatic carbocycles. The van der Waals surface area contributed by atoms with E-state index in [1.165, 1.54) is 12.1 Å². The molecule has 0 fully saturated rings. The molecule has 3 rings (SSSR count). The van der Waals surface area contributed by atoms with Gasteiger partial charge in [0.1, 0.15) is 6.04 Å². The van der Waals surface area contributed by atoms with Crippen LogP contribution in [0.5, 0.6) is 0 Å². The summed E-state index contributed by atoms with van der Waals surface area (Å²) in [5, 5.41) is 6.79. The van der Waals surface area contributed by atoms with Gasteiger partial charge in [0.2, 0.25) is 11.8 Å². The van der Waals surface area contributed by atoms with Gasteiger partial charge in [-0.15, -0.1) is 0 Å². The molecule has 0 radical (unpaired) electrons. The number of nitrogens with zero attached hydrogens (tertiary/aromatic N) is 3. The molecular weight excluding hydrogens is 420 g/mol. The van der Waals surface area contributed by atoms with Crippen LogP contribution in [0.25, 0.3) is 11.3 Å². The van der Waals surface area contributed by atoms with E-state index in [9.17, 15) is 13.2 Å². The Balaban J connectivity index is 1.55. The fourth-order valence-corrected chi connectivity index (χ4v) is 3.37. The first-order chi connectivity index (χ1) is 14.4. The third-order valence-electron chi connectivity index (χ3n) is 4.55. The maximum absolute atomic E-state index is 12.3. The van der Waals surface area contributed by atoms with E-state index in [0.717, 1.165) is 6.26 Å². The van der Waals surface area contributed by atoms with E-state index < -0.39 is 15.9 Å². The number of nitrogens with one attached hydrogen (secondary N) is 1. The van der Waals surface area contributed by atoms with Gasteiger partial charge < -0.3 is 14.3 Å². The van der Waals surface area contributed by atoms with Gasteiger partial charge in [-0.1, -0.05) is 25.9 Å². The van der Waals surface area contributed by atoms with Crippen LogP contribution in [0.3, 0.4) is 0 Å². The van der Waals surface area contributed by atoms with E-state index in [0.29, 0.717) is 35.4 Å². The number of amides is 1. The minimum absolute atomic E-state index is 0.178. The number of carbonyl (C=O) groups is 1. The van der Waals surface area contributed by atoms with E-state index in [2.05, 4.69) is 20.4 Å². The Kier molecular flexibility index (Phi) is 6.30. The van der Waals surface area contributed by atoms with Crippen LogP contribution in [0, 0.1) is 0 Å². The van der Waals surface area contributed by atoms with Crippen LogP contribution in [0.4, 0.5) is 0 Å². The van der Waals surface area contributed by atoms with E-state index in [-0.39, 0.29) is 22.6 Å². The largest absolute Gasteiger partial charge is 0.441 e. The summed E-state index contributed by atoms with van der Waals surface area (Å²) in [7, 11) is -3.26. The normalized spacial score (nSPS) is 13.2. The van der Waals surface area contributed by atoms with Gasteiger partial charge in [-0.2, -0.15) is 4.98 Å². The number of sulfone groups is 1. The van der Waals surface area contributed by atoms with Gasteiger partial charge in [-0.25, -0.2) is 13.4 Å². The van der Waals surface area contributed by atoms with E-state index in [1.54, 1.807) is 25.3 Å². The van der Waals surface area contributed by atoms with Crippen LogP contribution in [-0.4, -0.2) is 35.7 Å². The second kappa shape index (κ2) is 8.62. The molecule has 0 unspecified atom stereocenters. The fraction of sp³-hybridized carbons (Fsp3) is 0.429. The molecule has 2 heterocycles. The van der Waals surface area contributed by atoms with Crippen molar-refractivity contribution in [2.75, 3.05) is 6.26 Å². The Morgan fingerprint density at radius 3 is 2.45 bits per heavy atom. The number of hydrogen-bond donors (Lipinski definition) is 1. The van der Waals surface area contributed by atoms with Crippen molar-refractivity contribution in [1.29, 1.82) is 0 Å². The molecule has 0 saturated carbocycles. The first-order valence-electron chi connectivity index (χ1n) is 9.82. The Morgan fingerprint density at radius 2 is 1.87 bits per heavy atom. The average molecular weight is 447 g/mol. The average Bonchev–Trinajstić information content (AvgIpc) is 3.35. The zero-order chi connectivity index (χ0) is 22.8. The Hall–Kier alpha value is -3.01. The first kappa shape index (κ1) is 22.7. The molecule has 0 spiro atoms. The summed E-state index contributed by atoms with van der Waals surface area (Å²) in [5.41, 5.74) is 0.467. The third kappa shape index (κ3) is 5.78. The van der Waals surface area contributed by atoms with Gasteiger partial charge in [0, 0.05) is 30.1 Å². The van der Waals surface area contributed by atoms with Gasteiger partial charge in [-0.3, -0.25) is 4.79 Å². The molecule has 1 N–H and O–H groups in total. The van der Waals surface area contributed by atoms with Crippen molar-refractivity contribution in [3.63, 3.8) is 0 Å². The molecule has 0 saturated heterocycles. The summed E-state index contributed by atoms with van der Waals surface area (Å²) in [6.07, 6.45) is 3.20. The van der Waals surface area contributed by atoms with Crippen LogP contribution < -0.4 is 5.32 Å². The lowest BCUT2D eigenvalue weighted by atomic mass is 9.96. The molecule has 166 valence electrons. The predicted molar refractivity (Wildman–Crippen MR) is 113 cm³/mol. The fourth-order valence-electron chi connectivity index (χ4n) is 2.74. The second-order valence-corrected chi connectivity index (χ2v) is 10.4. The number of benzene rings is 1. The summed E-state index contributed by atoms with van der Waals surface area (Å²) < 4.78 is 34.1. The van der Waals surface area contributed by atoms with Crippen molar-refractivity contribution in [1.82, 2.24) is 20.4 Å². The Morgan fingerprint density at radius 1 is 1.19 bits per heavy atom. The number of aryl methyl sites for hydroxylation is 1. The quantitative estimate of drug-likeness (QED) is 0.586. The minimum Gasteiger partial charge on any atom is -0.441 e. The number of hydrogen-bond acceptors (Lipinski definition) is 8. The standard InChI is InChI=1S/C21H26N4O5S/c1-13(19-24-20(25-30-19)21(2,3)4)23-17(26)10-11-18-22-12-16(29-18)14-6-8-15(9-7-14)31(5,27)28/h6-9,12-13H,10-11H2,1-5H3,(H,23,26)/t13-/m1/s1. The molecule has 0 bridgehead atoms. The van der Waals surface area contributed by atoms with E-state index >= 15 is 0 Å². The molecular formula is C21H26N4O5S. The SMILES string of the molecule is C[C@@H](NC(=O)CCc1ncc(-c2ccc(S(C)(=O)=O)cc2)o1)c1nc(C(C)(C)C)no1. The minimum atomic E-state index is -3.26. The Labute approximate surface area is 181 Å². The summed E-state index contributed by atoms with van der Waals surface area (Å²) >= 11 is 0. The Bertz CT molecular complexity index is 1160. The zero-order valence-electron chi connectivity index (χ0n) is 18.2. The van der Waals surface area contributed by atoms with Crippen molar-refractivity contribution in [2.45, 2.75) is 56.9 Å². The molecule has 0 aliphatic heterocycles. The molecule has 1 amide bonds. The highest BCUT2D eigenvalue weighted by atomic mass is 32.2. The number of aromatic nitrogens is 3. The van der Waals surface area contributed by atoms with Crippen LogP contribution in [-0.2, 0) is 26.5 Å². The highest BCUT2D eigenvalue weighted by Gasteiger charge is 2.24. The van der Waals surface area contributed by atoms with Crippen LogP contribution in [0.15, 0.2) is 44.3 Å². The van der Waals surface area contributed by atoms with Crippen LogP contribution in [0.1, 0.15) is 57.8 Å². The molecule has 3 aromatic rings. The molecule has 1 atom stereocenters. The van der Waals surface area contributed by atoms with Gasteiger partial charge >= 0.3 is 0 Å². The smallest absolute Gasteiger partial charge is 0.248 e. The molecule has 0 aliphatic carbocycles. The highest BCUT2D eigenvalue weighted by molar-refractivity contribution is 7.90. The van der Waals surface area contributed by atoms with Crippen molar-refractivity contribution in [2.24, 2.45) is 0 Å². The van der Waals surface area contributed by atoms with Crippen LogP contribution >= 0.6 is 0 Å². The van der Waals surface area contributed by atoms with Gasteiger partial charge in [0.25, 0.3) is 0 Å². The highest BCUT2D eigenvalue weighted by Crippen LogP contribution is 2.23. The summed E-state index contributed by atoms with van der Waals surface area (Å²) in [6, 6.07) is 5.94. The first-order valence-corrected chi connectivity index (χ1v) is 11.7. The lowest BCUT2D eigenvalue weighted by molar-refractivity contribution is -0.121. The monoisotopic (exact) mass is 446 g/mol. The van der Waals surface area contributed by atoms with Gasteiger partial charge in [0.15, 0.2) is 27.3 Å². The second-order valence-electron chi connectivity index (χ2n) is 8.41. The number of carbonyl (C=O) groups excluding carboxylic acids is 1. The van der Waals surface area contributed by atoms with E-state index in [4.69, 9.17) is 8.94 Å². The lowest BCUT2D eigenvalue weighted by Crippen LogP contribution is -2.27. The number of oxazole rings is 1. The molecule has 0 aliphatic rings. The maximum atomic E-state index is 12.3.